The van der Waals surface area contributed by atoms with E-state index in [-0.39, 0.29) is 5.41 Å². The van der Waals surface area contributed by atoms with E-state index < -0.39 is 0 Å². The number of rotatable bonds is 0. The molecule has 0 atom stereocenters. The Labute approximate surface area is 84.1 Å². The first kappa shape index (κ1) is 9.19. The van der Waals surface area contributed by atoms with Crippen LogP contribution in [0.15, 0.2) is 17.3 Å². The third kappa shape index (κ3) is 1.50. The average Bonchev–Trinajstić information content (AvgIpc) is 2.41. The summed E-state index contributed by atoms with van der Waals surface area (Å²) in [6.07, 6.45) is 2.62. The molecule has 0 bridgehead atoms. The molecule has 0 radical (unpaired) electrons. The van der Waals surface area contributed by atoms with Gasteiger partial charge in [-0.15, -0.1) is 0 Å². The van der Waals surface area contributed by atoms with E-state index in [0.717, 1.165) is 11.4 Å². The maximum Gasteiger partial charge on any atom is 0.106 e. The molecule has 0 aliphatic carbocycles. The van der Waals surface area contributed by atoms with Gasteiger partial charge in [-0.25, -0.2) is 4.99 Å². The van der Waals surface area contributed by atoms with E-state index in [2.05, 4.69) is 36.8 Å². The number of pyridine rings is 1. The van der Waals surface area contributed by atoms with E-state index in [9.17, 15) is 0 Å². The quantitative estimate of drug-likeness (QED) is 0.678. The summed E-state index contributed by atoms with van der Waals surface area (Å²) in [6, 6.07) is 2.09. The van der Waals surface area contributed by atoms with Gasteiger partial charge in [0.25, 0.3) is 0 Å². The molecule has 0 aromatic carbocycles. The first-order valence-electron chi connectivity index (χ1n) is 4.79. The topological polar surface area (TPSA) is 51.3 Å². The molecule has 0 amide bonds. The zero-order valence-electron chi connectivity index (χ0n) is 8.83. The standard InChI is InChI=1S/C11H15N3/c1-11(2,3)7-4-9-8(13-6-7)5-10(12)14-9/h4,6H,5H2,1-3H3,(H2,12,14). The van der Waals surface area contributed by atoms with Gasteiger partial charge in [-0.1, -0.05) is 20.8 Å². The van der Waals surface area contributed by atoms with Crippen molar-refractivity contribution in [3.63, 3.8) is 0 Å². The van der Waals surface area contributed by atoms with Crippen molar-refractivity contribution in [1.29, 1.82) is 0 Å². The first-order valence-corrected chi connectivity index (χ1v) is 4.79. The van der Waals surface area contributed by atoms with Crippen molar-refractivity contribution in [2.75, 3.05) is 0 Å². The molecule has 2 N–H and O–H groups in total. The molecule has 0 spiro atoms. The number of fused-ring (bicyclic) bond motifs is 1. The van der Waals surface area contributed by atoms with Gasteiger partial charge in [0, 0.05) is 12.6 Å². The second-order valence-corrected chi connectivity index (χ2v) is 4.72. The highest BCUT2D eigenvalue weighted by atomic mass is 14.9. The summed E-state index contributed by atoms with van der Waals surface area (Å²) in [4.78, 5) is 8.64. The van der Waals surface area contributed by atoms with Crippen LogP contribution in [0.4, 0.5) is 5.69 Å². The molecule has 3 nitrogen and oxygen atoms in total. The maximum atomic E-state index is 5.65. The molecule has 3 heteroatoms. The van der Waals surface area contributed by atoms with Crippen molar-refractivity contribution in [3.8, 4) is 0 Å². The monoisotopic (exact) mass is 189 g/mol. The summed E-state index contributed by atoms with van der Waals surface area (Å²) >= 11 is 0. The number of hydrogen-bond acceptors (Lipinski definition) is 3. The molecule has 2 rings (SSSR count). The fourth-order valence-corrected chi connectivity index (χ4v) is 1.49. The minimum absolute atomic E-state index is 0.120. The minimum Gasteiger partial charge on any atom is -0.387 e. The van der Waals surface area contributed by atoms with Gasteiger partial charge in [0.05, 0.1) is 11.4 Å². The summed E-state index contributed by atoms with van der Waals surface area (Å²) in [5.41, 5.74) is 8.91. The molecule has 14 heavy (non-hydrogen) atoms. The third-order valence-corrected chi connectivity index (χ3v) is 2.43. The normalized spacial score (nSPS) is 15.2. The van der Waals surface area contributed by atoms with Crippen molar-refractivity contribution in [2.24, 2.45) is 10.7 Å². The van der Waals surface area contributed by atoms with Crippen LogP contribution >= 0.6 is 0 Å². The molecule has 1 aliphatic rings. The van der Waals surface area contributed by atoms with E-state index >= 15 is 0 Å². The van der Waals surface area contributed by atoms with Gasteiger partial charge in [0.1, 0.15) is 5.84 Å². The summed E-state index contributed by atoms with van der Waals surface area (Å²) in [5, 5.41) is 0. The molecular formula is C11H15N3. The number of aliphatic imine (C=N–C) groups is 1. The third-order valence-electron chi connectivity index (χ3n) is 2.43. The van der Waals surface area contributed by atoms with Gasteiger partial charge in [0.2, 0.25) is 0 Å². The van der Waals surface area contributed by atoms with Gasteiger partial charge in [-0.05, 0) is 17.0 Å². The predicted octanol–water partition coefficient (Wildman–Crippen LogP) is 1.92. The van der Waals surface area contributed by atoms with E-state index in [0.29, 0.717) is 12.3 Å². The van der Waals surface area contributed by atoms with E-state index in [4.69, 9.17) is 5.73 Å². The summed E-state index contributed by atoms with van der Waals surface area (Å²) < 4.78 is 0. The molecule has 0 unspecified atom stereocenters. The van der Waals surface area contributed by atoms with Crippen molar-refractivity contribution < 1.29 is 0 Å². The first-order chi connectivity index (χ1) is 6.47. The Kier molecular flexibility index (Phi) is 1.84. The van der Waals surface area contributed by atoms with Crippen LogP contribution in [0, 0.1) is 0 Å². The Morgan fingerprint density at radius 2 is 2.07 bits per heavy atom. The van der Waals surface area contributed by atoms with Gasteiger partial charge in [0.15, 0.2) is 0 Å². The molecule has 1 aromatic rings. The van der Waals surface area contributed by atoms with Gasteiger partial charge in [-0.2, -0.15) is 0 Å². The maximum absolute atomic E-state index is 5.65. The van der Waals surface area contributed by atoms with Gasteiger partial charge in [-0.3, -0.25) is 4.98 Å². The van der Waals surface area contributed by atoms with Crippen LogP contribution in [0.5, 0.6) is 0 Å². The Morgan fingerprint density at radius 3 is 2.71 bits per heavy atom. The number of nitrogens with zero attached hydrogens (tertiary/aromatic N) is 2. The van der Waals surface area contributed by atoms with Crippen molar-refractivity contribution >= 4 is 11.5 Å². The summed E-state index contributed by atoms with van der Waals surface area (Å²) in [6.45, 7) is 6.50. The van der Waals surface area contributed by atoms with Crippen LogP contribution < -0.4 is 5.73 Å². The van der Waals surface area contributed by atoms with E-state index in [1.807, 2.05) is 6.20 Å². The second kappa shape index (κ2) is 2.80. The molecule has 1 aliphatic heterocycles. The van der Waals surface area contributed by atoms with Crippen LogP contribution in [0.1, 0.15) is 32.0 Å². The zero-order valence-corrected chi connectivity index (χ0v) is 8.83. The van der Waals surface area contributed by atoms with Crippen molar-refractivity contribution in [1.82, 2.24) is 4.98 Å². The lowest BCUT2D eigenvalue weighted by molar-refractivity contribution is 0.587. The SMILES string of the molecule is CC(C)(C)c1cnc2c(c1)N=C(N)C2. The molecular weight excluding hydrogens is 174 g/mol. The second-order valence-electron chi connectivity index (χ2n) is 4.72. The lowest BCUT2D eigenvalue weighted by Gasteiger charge is -2.18. The Morgan fingerprint density at radius 1 is 1.36 bits per heavy atom. The average molecular weight is 189 g/mol. The smallest absolute Gasteiger partial charge is 0.106 e. The minimum atomic E-state index is 0.120. The lowest BCUT2D eigenvalue weighted by atomic mass is 9.88. The Hall–Kier alpha value is -1.38. The fraction of sp³-hybridized carbons (Fsp3) is 0.455. The summed E-state index contributed by atoms with van der Waals surface area (Å²) in [7, 11) is 0. The van der Waals surface area contributed by atoms with Gasteiger partial charge < -0.3 is 5.73 Å². The summed E-state index contributed by atoms with van der Waals surface area (Å²) in [5.74, 6) is 0.665. The van der Waals surface area contributed by atoms with Crippen LogP contribution in [0.3, 0.4) is 0 Å². The molecule has 2 heterocycles. The highest BCUT2D eigenvalue weighted by Gasteiger charge is 2.19. The van der Waals surface area contributed by atoms with Crippen molar-refractivity contribution in [2.45, 2.75) is 32.6 Å². The molecule has 0 saturated carbocycles. The van der Waals surface area contributed by atoms with Gasteiger partial charge >= 0.3 is 0 Å². The van der Waals surface area contributed by atoms with Crippen LogP contribution in [-0.4, -0.2) is 10.8 Å². The van der Waals surface area contributed by atoms with E-state index in [1.54, 1.807) is 0 Å². The predicted molar refractivity (Wildman–Crippen MR) is 57.9 cm³/mol. The number of aromatic nitrogens is 1. The van der Waals surface area contributed by atoms with E-state index in [1.165, 1.54) is 5.56 Å². The highest BCUT2D eigenvalue weighted by molar-refractivity contribution is 5.90. The molecule has 0 fully saturated rings. The largest absolute Gasteiger partial charge is 0.387 e. The van der Waals surface area contributed by atoms with Crippen LogP contribution in [-0.2, 0) is 11.8 Å². The van der Waals surface area contributed by atoms with Crippen LogP contribution in [0.2, 0.25) is 0 Å². The zero-order chi connectivity index (χ0) is 10.3. The number of hydrogen-bond donors (Lipinski definition) is 1. The molecule has 0 saturated heterocycles. The fourth-order valence-electron chi connectivity index (χ4n) is 1.49. The number of nitrogens with two attached hydrogens (primary N) is 1. The highest BCUT2D eigenvalue weighted by Crippen LogP contribution is 2.29. The lowest BCUT2D eigenvalue weighted by Crippen LogP contribution is -2.12. The molecule has 74 valence electrons. The number of amidine groups is 1. The molecule has 1 aromatic heterocycles. The Bertz CT molecular complexity index is 399. The van der Waals surface area contributed by atoms with Crippen LogP contribution in [0.25, 0.3) is 0 Å². The van der Waals surface area contributed by atoms with Crippen molar-refractivity contribution in [3.05, 3.63) is 23.5 Å². The Balaban J connectivity index is 2.46.